The summed E-state index contributed by atoms with van der Waals surface area (Å²) in [5.74, 6) is 0.419. The Bertz CT molecular complexity index is 945. The van der Waals surface area contributed by atoms with Crippen molar-refractivity contribution in [3.05, 3.63) is 78.4 Å². The largest absolute Gasteiger partial charge is 1.00 e. The molecule has 2 N–H and O–H groups in total. The number of rotatable bonds is 7. The first-order valence-electron chi connectivity index (χ1n) is 10.4. The van der Waals surface area contributed by atoms with Crippen molar-refractivity contribution < 1.29 is 56.2 Å². The van der Waals surface area contributed by atoms with Gasteiger partial charge in [0.15, 0.2) is 0 Å². The van der Waals surface area contributed by atoms with Crippen LogP contribution in [-0.2, 0) is 0 Å². The monoisotopic (exact) mass is 440 g/mol. The number of benzene rings is 1. The van der Waals surface area contributed by atoms with E-state index < -0.39 is 0 Å². The van der Waals surface area contributed by atoms with E-state index in [9.17, 15) is 4.79 Å². The second-order valence-electron chi connectivity index (χ2n) is 7.98. The molecule has 1 amide bonds. The van der Waals surface area contributed by atoms with Gasteiger partial charge in [0, 0.05) is 29.5 Å². The second kappa shape index (κ2) is 11.4. The van der Waals surface area contributed by atoms with Gasteiger partial charge in [-0.1, -0.05) is 24.3 Å². The first-order chi connectivity index (χ1) is 14.6. The van der Waals surface area contributed by atoms with Gasteiger partial charge in [-0.3, -0.25) is 16.3 Å². The third-order valence-electron chi connectivity index (χ3n) is 5.59. The summed E-state index contributed by atoms with van der Waals surface area (Å²) in [6.07, 6.45) is 10.0. The second-order valence-corrected chi connectivity index (χ2v) is 7.98. The van der Waals surface area contributed by atoms with Crippen LogP contribution in [0, 0.1) is 12.7 Å². The van der Waals surface area contributed by atoms with Crippen molar-refractivity contribution in [3.8, 4) is 0 Å². The van der Waals surface area contributed by atoms with Crippen molar-refractivity contribution in [3.63, 3.8) is 0 Å². The van der Waals surface area contributed by atoms with Gasteiger partial charge in [-0.2, -0.15) is 0 Å². The molecule has 1 aromatic heterocycles. The van der Waals surface area contributed by atoms with E-state index in [2.05, 4.69) is 31.7 Å². The summed E-state index contributed by atoms with van der Waals surface area (Å²) in [5, 5.41) is 6.16. The average Bonchev–Trinajstić information content (AvgIpc) is 2.69. The number of likely N-dealkylation sites (tertiary alicyclic amines) is 1. The molecule has 4 rings (SSSR count). The Hall–Kier alpha value is -1.48. The maximum atomic E-state index is 12.6. The van der Waals surface area contributed by atoms with Gasteiger partial charge in [0.25, 0.3) is 5.91 Å². The normalized spacial score (nSPS) is 18.5. The fraction of sp³-hybridized carbons (Fsp3) is 0.333. The van der Waals surface area contributed by atoms with E-state index in [1.807, 2.05) is 56.9 Å². The standard InChI is InChI=1S/C24H27N5O.K/c1-17(25-11-12-26-22-15-29(2)16-22)19-7-4-8-21(13-19)28-24(30)20-9-10-23(27-14-20)18-5-3-6-18;/h4,7-10,12-15,17-18,25H,3,5-6,16H2,1-2H3,(H,28,30);/q-2;+1. The zero-order chi connectivity index (χ0) is 20.9. The molecule has 2 fully saturated rings. The molecular formula is C24H27KN5O-. The number of pyridine rings is 1. The Morgan fingerprint density at radius 3 is 2.81 bits per heavy atom. The van der Waals surface area contributed by atoms with Crippen LogP contribution in [-0.4, -0.2) is 35.1 Å². The Morgan fingerprint density at radius 2 is 2.16 bits per heavy atom. The van der Waals surface area contributed by atoms with E-state index in [0.29, 0.717) is 11.5 Å². The van der Waals surface area contributed by atoms with Gasteiger partial charge in [-0.15, -0.1) is 6.20 Å². The molecule has 31 heavy (non-hydrogen) atoms. The number of amides is 1. The molecule has 1 atom stereocenters. The van der Waals surface area contributed by atoms with Crippen LogP contribution in [0.25, 0.3) is 0 Å². The van der Waals surface area contributed by atoms with E-state index >= 15 is 0 Å². The van der Waals surface area contributed by atoms with Gasteiger partial charge in [0.2, 0.25) is 0 Å². The predicted octanol–water partition coefficient (Wildman–Crippen LogP) is 1.08. The third-order valence-corrected chi connectivity index (χ3v) is 5.59. The number of carbonyl (C=O) groups excluding carboxylic acids is 1. The van der Waals surface area contributed by atoms with E-state index in [1.165, 1.54) is 19.3 Å². The van der Waals surface area contributed by atoms with Crippen LogP contribution in [0.2, 0.25) is 0 Å². The maximum absolute atomic E-state index is 12.6. The molecule has 1 saturated heterocycles. The summed E-state index contributed by atoms with van der Waals surface area (Å²) < 4.78 is 0. The number of nitrogens with one attached hydrogen (secondary N) is 2. The van der Waals surface area contributed by atoms with Crippen LogP contribution < -0.4 is 62.0 Å². The van der Waals surface area contributed by atoms with Gasteiger partial charge >= 0.3 is 51.4 Å². The van der Waals surface area contributed by atoms with E-state index in [1.54, 1.807) is 12.4 Å². The minimum Gasteiger partial charge on any atom is -0.560 e. The predicted molar refractivity (Wildman–Crippen MR) is 119 cm³/mol. The fourth-order valence-corrected chi connectivity index (χ4v) is 3.49. The molecule has 0 bridgehead atoms. The molecule has 1 aromatic carbocycles. The molecule has 2 aromatic rings. The Labute approximate surface area is 227 Å². The van der Waals surface area contributed by atoms with Crippen molar-refractivity contribution in [1.29, 1.82) is 0 Å². The summed E-state index contributed by atoms with van der Waals surface area (Å²) in [5.41, 5.74) is 4.51. The van der Waals surface area contributed by atoms with Crippen molar-refractivity contribution in [1.82, 2.24) is 15.2 Å². The van der Waals surface area contributed by atoms with E-state index in [4.69, 9.17) is 0 Å². The molecule has 7 heteroatoms. The summed E-state index contributed by atoms with van der Waals surface area (Å²) >= 11 is 0. The molecule has 1 aliphatic heterocycles. The SMILES string of the molecule is CC(N[C-]=CN=C1[CH-]N(C)C1)c1cccc(NC(=O)c2ccc(C3CCC3)nc2)c1.[K+]. The number of anilines is 1. The summed E-state index contributed by atoms with van der Waals surface area (Å²) in [6.45, 7) is 4.90. The Balaban J connectivity index is 0.00000272. The summed E-state index contributed by atoms with van der Waals surface area (Å²) in [6, 6.07) is 11.7. The molecule has 0 radical (unpaired) electrons. The molecule has 2 aliphatic rings. The molecule has 1 unspecified atom stereocenters. The maximum Gasteiger partial charge on any atom is 1.00 e. The van der Waals surface area contributed by atoms with Gasteiger partial charge in [0.1, 0.15) is 0 Å². The van der Waals surface area contributed by atoms with Crippen molar-refractivity contribution in [2.75, 3.05) is 18.9 Å². The molecular weight excluding hydrogens is 413 g/mol. The zero-order valence-corrected chi connectivity index (χ0v) is 21.6. The zero-order valence-electron chi connectivity index (χ0n) is 18.4. The van der Waals surface area contributed by atoms with Crippen molar-refractivity contribution in [2.45, 2.75) is 38.1 Å². The van der Waals surface area contributed by atoms with Crippen molar-refractivity contribution >= 4 is 17.3 Å². The topological polar surface area (TPSA) is 69.6 Å². The van der Waals surface area contributed by atoms with Gasteiger partial charge in [-0.25, -0.2) is 0 Å². The fourth-order valence-electron chi connectivity index (χ4n) is 3.49. The number of hydrogen-bond acceptors (Lipinski definition) is 5. The van der Waals surface area contributed by atoms with Gasteiger partial charge in [-0.05, 0) is 63.2 Å². The van der Waals surface area contributed by atoms with Crippen LogP contribution in [0.4, 0.5) is 5.69 Å². The smallest absolute Gasteiger partial charge is 0.560 e. The van der Waals surface area contributed by atoms with Gasteiger partial charge in [0.05, 0.1) is 5.56 Å². The van der Waals surface area contributed by atoms with Crippen LogP contribution in [0.15, 0.2) is 53.8 Å². The van der Waals surface area contributed by atoms with Crippen LogP contribution in [0.1, 0.15) is 59.8 Å². The first kappa shape index (κ1) is 24.2. The van der Waals surface area contributed by atoms with Gasteiger partial charge < -0.3 is 26.7 Å². The van der Waals surface area contributed by atoms with E-state index in [0.717, 1.165) is 29.2 Å². The average molecular weight is 441 g/mol. The molecule has 0 spiro atoms. The number of aromatic nitrogens is 1. The summed E-state index contributed by atoms with van der Waals surface area (Å²) in [4.78, 5) is 23.5. The van der Waals surface area contributed by atoms with Crippen LogP contribution in [0.3, 0.4) is 0 Å². The minimum absolute atomic E-state index is 0. The Kier molecular flexibility index (Phi) is 8.89. The van der Waals surface area contributed by atoms with Crippen LogP contribution >= 0.6 is 0 Å². The first-order valence-corrected chi connectivity index (χ1v) is 10.4. The molecule has 1 aliphatic carbocycles. The molecule has 156 valence electrons. The third kappa shape index (κ3) is 6.51. The number of aliphatic imine (C=N–C) groups is 1. The van der Waals surface area contributed by atoms with E-state index in [-0.39, 0.29) is 63.3 Å². The molecule has 1 saturated carbocycles. The minimum atomic E-state index is -0.149. The molecule has 6 nitrogen and oxygen atoms in total. The summed E-state index contributed by atoms with van der Waals surface area (Å²) in [7, 11) is 2.01. The number of hydrogen-bond donors (Lipinski definition) is 2. The quantitative estimate of drug-likeness (QED) is 0.384. The van der Waals surface area contributed by atoms with Crippen LogP contribution in [0.5, 0.6) is 0 Å². The van der Waals surface area contributed by atoms with Crippen molar-refractivity contribution in [2.24, 2.45) is 4.99 Å². The number of carbonyl (C=O) groups is 1. The number of nitrogens with zero attached hydrogens (tertiary/aromatic N) is 3. The Morgan fingerprint density at radius 1 is 1.35 bits per heavy atom. The molecule has 2 heterocycles.